The summed E-state index contributed by atoms with van der Waals surface area (Å²) in [6, 6.07) is 3.82. The van der Waals surface area contributed by atoms with Gasteiger partial charge in [0.15, 0.2) is 0 Å². The van der Waals surface area contributed by atoms with Crippen LogP contribution in [0.3, 0.4) is 0 Å². The number of hydrogen-bond donors (Lipinski definition) is 0. The number of hydrogen-bond acceptors (Lipinski definition) is 6. The van der Waals surface area contributed by atoms with Crippen molar-refractivity contribution in [1.82, 2.24) is 9.80 Å². The SMILES string of the molecule is CC1CN(C2=C(c3cccs3)C(=O)N(CC3CCCO3)C2=O)CC(C)O1. The van der Waals surface area contributed by atoms with Gasteiger partial charge in [-0.15, -0.1) is 11.3 Å². The minimum absolute atomic E-state index is 0.0194. The molecule has 3 unspecified atom stereocenters. The van der Waals surface area contributed by atoms with Gasteiger partial charge in [-0.05, 0) is 38.1 Å². The van der Waals surface area contributed by atoms with E-state index in [1.807, 2.05) is 36.3 Å². The third kappa shape index (κ3) is 3.19. The summed E-state index contributed by atoms with van der Waals surface area (Å²) >= 11 is 1.49. The predicted molar refractivity (Wildman–Crippen MR) is 98.5 cm³/mol. The lowest BCUT2D eigenvalue weighted by Crippen LogP contribution is -2.47. The van der Waals surface area contributed by atoms with E-state index in [1.165, 1.54) is 16.2 Å². The van der Waals surface area contributed by atoms with Crippen molar-refractivity contribution in [2.75, 3.05) is 26.2 Å². The Bertz CT molecular complexity index is 714. The molecule has 3 aliphatic heterocycles. The van der Waals surface area contributed by atoms with Crippen molar-refractivity contribution in [2.45, 2.75) is 45.0 Å². The van der Waals surface area contributed by atoms with Crippen molar-refractivity contribution in [1.29, 1.82) is 0 Å². The third-order valence-electron chi connectivity index (χ3n) is 5.06. The molecule has 0 spiro atoms. The van der Waals surface area contributed by atoms with E-state index in [1.54, 1.807) is 0 Å². The molecule has 0 N–H and O–H groups in total. The molecule has 0 aromatic carbocycles. The van der Waals surface area contributed by atoms with Crippen molar-refractivity contribution < 1.29 is 19.1 Å². The second-order valence-electron chi connectivity index (χ2n) is 7.22. The Morgan fingerprint density at radius 3 is 2.58 bits per heavy atom. The van der Waals surface area contributed by atoms with E-state index in [2.05, 4.69) is 0 Å². The first-order chi connectivity index (χ1) is 12.5. The average molecular weight is 376 g/mol. The van der Waals surface area contributed by atoms with Gasteiger partial charge >= 0.3 is 0 Å². The normalized spacial score (nSPS) is 30.0. The molecule has 26 heavy (non-hydrogen) atoms. The van der Waals surface area contributed by atoms with Gasteiger partial charge in [-0.3, -0.25) is 14.5 Å². The molecule has 2 amide bonds. The molecule has 6 nitrogen and oxygen atoms in total. The highest BCUT2D eigenvalue weighted by atomic mass is 32.1. The van der Waals surface area contributed by atoms with Crippen molar-refractivity contribution in [3.8, 4) is 0 Å². The first kappa shape index (κ1) is 17.7. The zero-order chi connectivity index (χ0) is 18.3. The van der Waals surface area contributed by atoms with Gasteiger partial charge in [-0.2, -0.15) is 0 Å². The minimum atomic E-state index is -0.199. The summed E-state index contributed by atoms with van der Waals surface area (Å²) in [6.07, 6.45) is 1.87. The number of ether oxygens (including phenoxy) is 2. The lowest BCUT2D eigenvalue weighted by atomic mass is 10.1. The van der Waals surface area contributed by atoms with Crippen molar-refractivity contribution in [3.05, 3.63) is 28.1 Å². The summed E-state index contributed by atoms with van der Waals surface area (Å²) in [5.74, 6) is -0.398. The highest BCUT2D eigenvalue weighted by Crippen LogP contribution is 2.35. The van der Waals surface area contributed by atoms with Crippen LogP contribution in [-0.2, 0) is 19.1 Å². The molecule has 140 valence electrons. The Kier molecular flexibility index (Phi) is 4.86. The lowest BCUT2D eigenvalue weighted by Gasteiger charge is -2.37. The van der Waals surface area contributed by atoms with Crippen LogP contribution in [0.25, 0.3) is 5.57 Å². The fraction of sp³-hybridized carbons (Fsp3) is 0.579. The quantitative estimate of drug-likeness (QED) is 0.754. The van der Waals surface area contributed by atoms with Crippen LogP contribution >= 0.6 is 11.3 Å². The highest BCUT2D eigenvalue weighted by Gasteiger charge is 2.44. The molecule has 2 fully saturated rings. The van der Waals surface area contributed by atoms with Gasteiger partial charge in [0, 0.05) is 24.6 Å². The molecule has 4 rings (SSSR count). The molecule has 1 aromatic heterocycles. The van der Waals surface area contributed by atoms with Crippen LogP contribution < -0.4 is 0 Å². The number of carbonyl (C=O) groups is 2. The lowest BCUT2D eigenvalue weighted by molar-refractivity contribution is -0.140. The number of imide groups is 1. The maximum absolute atomic E-state index is 13.2. The van der Waals surface area contributed by atoms with Gasteiger partial charge in [-0.25, -0.2) is 0 Å². The molecule has 0 aliphatic carbocycles. The molecule has 4 heterocycles. The maximum atomic E-state index is 13.2. The van der Waals surface area contributed by atoms with Crippen molar-refractivity contribution in [2.24, 2.45) is 0 Å². The van der Waals surface area contributed by atoms with Gasteiger partial charge in [0.1, 0.15) is 5.70 Å². The molecule has 0 radical (unpaired) electrons. The van der Waals surface area contributed by atoms with Gasteiger partial charge in [0.2, 0.25) is 0 Å². The van der Waals surface area contributed by atoms with Crippen LogP contribution in [0.4, 0.5) is 0 Å². The fourth-order valence-electron chi connectivity index (χ4n) is 4.02. The van der Waals surface area contributed by atoms with Crippen LogP contribution in [-0.4, -0.2) is 66.2 Å². The monoisotopic (exact) mass is 376 g/mol. The largest absolute Gasteiger partial charge is 0.376 e. The topological polar surface area (TPSA) is 59.1 Å². The number of rotatable bonds is 4. The summed E-state index contributed by atoms with van der Waals surface area (Å²) in [7, 11) is 0. The van der Waals surface area contributed by atoms with E-state index >= 15 is 0 Å². The van der Waals surface area contributed by atoms with E-state index < -0.39 is 0 Å². The van der Waals surface area contributed by atoms with Crippen molar-refractivity contribution in [3.63, 3.8) is 0 Å². The molecule has 7 heteroatoms. The summed E-state index contributed by atoms with van der Waals surface area (Å²) in [6.45, 7) is 6.27. The predicted octanol–water partition coefficient (Wildman–Crippen LogP) is 2.12. The second kappa shape index (κ2) is 7.13. The first-order valence-electron chi connectivity index (χ1n) is 9.21. The van der Waals surface area contributed by atoms with Crippen LogP contribution in [0, 0.1) is 0 Å². The summed E-state index contributed by atoms with van der Waals surface area (Å²) in [4.78, 5) is 30.7. The number of nitrogens with zero attached hydrogens (tertiary/aromatic N) is 2. The molecular formula is C19H24N2O4S. The zero-order valence-electron chi connectivity index (χ0n) is 15.1. The van der Waals surface area contributed by atoms with E-state index in [4.69, 9.17) is 9.47 Å². The molecule has 3 aliphatic rings. The maximum Gasteiger partial charge on any atom is 0.277 e. The molecule has 0 saturated carbocycles. The number of morpholine rings is 1. The van der Waals surface area contributed by atoms with Gasteiger partial charge < -0.3 is 14.4 Å². The smallest absolute Gasteiger partial charge is 0.277 e. The Labute approximate surface area is 157 Å². The Balaban J connectivity index is 1.68. The molecule has 2 saturated heterocycles. The van der Waals surface area contributed by atoms with E-state index in [0.717, 1.165) is 17.7 Å². The average Bonchev–Trinajstić information content (AvgIpc) is 3.31. The molecule has 0 bridgehead atoms. The van der Waals surface area contributed by atoms with Crippen LogP contribution in [0.2, 0.25) is 0 Å². The first-order valence-corrected chi connectivity index (χ1v) is 10.1. The summed E-state index contributed by atoms with van der Waals surface area (Å²) in [5.41, 5.74) is 1.06. The molecule has 3 atom stereocenters. The number of thiophene rings is 1. The van der Waals surface area contributed by atoms with Gasteiger partial charge in [-0.1, -0.05) is 6.07 Å². The summed E-state index contributed by atoms with van der Waals surface area (Å²) < 4.78 is 11.5. The van der Waals surface area contributed by atoms with E-state index in [0.29, 0.717) is 37.5 Å². The van der Waals surface area contributed by atoms with Crippen LogP contribution in [0.1, 0.15) is 31.6 Å². The molecule has 1 aromatic rings. The van der Waals surface area contributed by atoms with Crippen LogP contribution in [0.5, 0.6) is 0 Å². The Morgan fingerprint density at radius 1 is 1.19 bits per heavy atom. The van der Waals surface area contributed by atoms with Crippen LogP contribution in [0.15, 0.2) is 23.2 Å². The highest BCUT2D eigenvalue weighted by molar-refractivity contribution is 7.11. The third-order valence-corrected chi connectivity index (χ3v) is 5.94. The van der Waals surface area contributed by atoms with E-state index in [-0.39, 0.29) is 30.1 Å². The number of amides is 2. The summed E-state index contributed by atoms with van der Waals surface area (Å²) in [5, 5.41) is 1.94. The Hall–Kier alpha value is -1.70. The van der Waals surface area contributed by atoms with Crippen molar-refractivity contribution >= 4 is 28.7 Å². The van der Waals surface area contributed by atoms with Gasteiger partial charge in [0.25, 0.3) is 11.8 Å². The van der Waals surface area contributed by atoms with Gasteiger partial charge in [0.05, 0.1) is 30.4 Å². The molecular weight excluding hydrogens is 352 g/mol. The van der Waals surface area contributed by atoms with E-state index in [9.17, 15) is 9.59 Å². The fourth-order valence-corrected chi connectivity index (χ4v) is 4.78. The Morgan fingerprint density at radius 2 is 1.96 bits per heavy atom. The second-order valence-corrected chi connectivity index (χ2v) is 8.17. The number of carbonyl (C=O) groups excluding carboxylic acids is 2. The zero-order valence-corrected chi connectivity index (χ0v) is 16.0. The minimum Gasteiger partial charge on any atom is -0.376 e. The standard InChI is InChI=1S/C19H24N2O4S/c1-12-9-20(10-13(2)25-12)17-16(15-6-4-8-26-15)18(22)21(19(17)23)11-14-5-3-7-24-14/h4,6,8,12-14H,3,5,7,9-11H2,1-2H3.